The lowest BCUT2D eigenvalue weighted by Gasteiger charge is -2.12. The molecule has 0 spiro atoms. The van der Waals surface area contributed by atoms with Crippen molar-refractivity contribution in [3.8, 4) is 5.75 Å². The quantitative estimate of drug-likeness (QED) is 0.756. The number of benzene rings is 1. The minimum Gasteiger partial charge on any atom is -0.494 e. The van der Waals surface area contributed by atoms with Crippen molar-refractivity contribution in [3.63, 3.8) is 0 Å². The summed E-state index contributed by atoms with van der Waals surface area (Å²) in [4.78, 5) is 13.2. The molecule has 0 fully saturated rings. The number of carbonyl (C=O) groups is 1. The Morgan fingerprint density at radius 1 is 1.41 bits per heavy atom. The molecule has 0 N–H and O–H groups in total. The fourth-order valence-electron chi connectivity index (χ4n) is 1.33. The van der Waals surface area contributed by atoms with E-state index in [1.54, 1.807) is 32.3 Å². The van der Waals surface area contributed by atoms with Gasteiger partial charge in [-0.1, -0.05) is 24.9 Å². The average molecular weight is 256 g/mol. The minimum atomic E-state index is -0.102. The van der Waals surface area contributed by atoms with Crippen molar-refractivity contribution in [1.82, 2.24) is 4.90 Å². The van der Waals surface area contributed by atoms with Crippen molar-refractivity contribution < 1.29 is 9.53 Å². The summed E-state index contributed by atoms with van der Waals surface area (Å²) in [6, 6.07) is 5.16. The third-order valence-corrected chi connectivity index (χ3v) is 2.66. The maximum Gasteiger partial charge on any atom is 0.254 e. The molecule has 0 unspecified atom stereocenters. The van der Waals surface area contributed by atoms with E-state index < -0.39 is 0 Å². The number of amides is 1. The van der Waals surface area contributed by atoms with Gasteiger partial charge in [-0.05, 0) is 24.6 Å². The molecule has 17 heavy (non-hydrogen) atoms. The van der Waals surface area contributed by atoms with Crippen LogP contribution in [0.25, 0.3) is 0 Å². The first-order chi connectivity index (χ1) is 8.06. The highest BCUT2D eigenvalue weighted by atomic mass is 35.5. The second-order valence-electron chi connectivity index (χ2n) is 4.04. The lowest BCUT2D eigenvalue weighted by molar-refractivity contribution is 0.0828. The summed E-state index contributed by atoms with van der Waals surface area (Å²) >= 11 is 6.05. The Kier molecular flexibility index (Phi) is 5.29. The number of hydrogen-bond acceptors (Lipinski definition) is 2. The van der Waals surface area contributed by atoms with Gasteiger partial charge in [0.2, 0.25) is 0 Å². The van der Waals surface area contributed by atoms with Crippen LogP contribution in [0.5, 0.6) is 5.75 Å². The molecule has 1 amide bonds. The molecular formula is C13H18ClNO2. The van der Waals surface area contributed by atoms with Crippen LogP contribution in [-0.4, -0.2) is 31.5 Å². The Bertz CT molecular complexity index is 391. The maximum absolute atomic E-state index is 11.7. The molecule has 0 aliphatic carbocycles. The molecule has 1 aromatic rings. The Balaban J connectivity index is 2.76. The Labute approximate surface area is 107 Å². The number of carbonyl (C=O) groups excluding carboxylic acids is 1. The van der Waals surface area contributed by atoms with Crippen molar-refractivity contribution in [2.45, 2.75) is 19.8 Å². The van der Waals surface area contributed by atoms with Gasteiger partial charge in [-0.3, -0.25) is 4.79 Å². The van der Waals surface area contributed by atoms with Crippen LogP contribution < -0.4 is 4.74 Å². The summed E-state index contributed by atoms with van der Waals surface area (Å²) in [7, 11) is 3.40. The first-order valence-corrected chi connectivity index (χ1v) is 6.08. The largest absolute Gasteiger partial charge is 0.494 e. The molecule has 0 aromatic heterocycles. The van der Waals surface area contributed by atoms with Gasteiger partial charge < -0.3 is 9.64 Å². The third kappa shape index (κ3) is 3.93. The average Bonchev–Trinajstić information content (AvgIpc) is 2.28. The standard InChI is InChI=1S/C13H18ClNO2/c1-4-5-8-17-10-6-7-11(12(14)9-10)13(16)15(2)3/h6-7,9H,4-5,8H2,1-3H3. The summed E-state index contributed by atoms with van der Waals surface area (Å²) in [5.41, 5.74) is 0.500. The zero-order valence-corrected chi connectivity index (χ0v) is 11.3. The van der Waals surface area contributed by atoms with Crippen LogP contribution in [0.2, 0.25) is 5.02 Å². The second kappa shape index (κ2) is 6.50. The summed E-state index contributed by atoms with van der Waals surface area (Å²) in [6.07, 6.45) is 2.10. The van der Waals surface area contributed by atoms with Crippen LogP contribution in [0.3, 0.4) is 0 Å². The molecule has 0 aliphatic heterocycles. The van der Waals surface area contributed by atoms with Crippen LogP contribution >= 0.6 is 11.6 Å². The first kappa shape index (κ1) is 13.8. The van der Waals surface area contributed by atoms with Gasteiger partial charge >= 0.3 is 0 Å². The number of hydrogen-bond donors (Lipinski definition) is 0. The maximum atomic E-state index is 11.7. The second-order valence-corrected chi connectivity index (χ2v) is 4.45. The predicted molar refractivity (Wildman–Crippen MR) is 69.9 cm³/mol. The summed E-state index contributed by atoms with van der Waals surface area (Å²) in [5.74, 6) is 0.605. The van der Waals surface area contributed by atoms with Gasteiger partial charge in [0, 0.05) is 14.1 Å². The fourth-order valence-corrected chi connectivity index (χ4v) is 1.59. The van der Waals surface area contributed by atoms with Gasteiger partial charge in [-0.15, -0.1) is 0 Å². The number of rotatable bonds is 5. The number of unbranched alkanes of at least 4 members (excludes halogenated alkanes) is 1. The molecular weight excluding hydrogens is 238 g/mol. The lowest BCUT2D eigenvalue weighted by atomic mass is 10.2. The number of nitrogens with zero attached hydrogens (tertiary/aromatic N) is 1. The van der Waals surface area contributed by atoms with E-state index in [9.17, 15) is 4.79 Å². The molecule has 0 atom stereocenters. The monoisotopic (exact) mass is 255 g/mol. The molecule has 0 heterocycles. The highest BCUT2D eigenvalue weighted by molar-refractivity contribution is 6.34. The molecule has 94 valence electrons. The smallest absolute Gasteiger partial charge is 0.254 e. The molecule has 0 radical (unpaired) electrons. The highest BCUT2D eigenvalue weighted by Gasteiger charge is 2.12. The van der Waals surface area contributed by atoms with Crippen molar-refractivity contribution in [3.05, 3.63) is 28.8 Å². The van der Waals surface area contributed by atoms with Crippen LogP contribution in [0.15, 0.2) is 18.2 Å². The molecule has 0 saturated heterocycles. The topological polar surface area (TPSA) is 29.5 Å². The number of ether oxygens (including phenoxy) is 1. The van der Waals surface area contributed by atoms with Gasteiger partial charge in [0.1, 0.15) is 5.75 Å². The molecule has 0 aliphatic rings. The lowest BCUT2D eigenvalue weighted by Crippen LogP contribution is -2.21. The van der Waals surface area contributed by atoms with Crippen LogP contribution in [0.4, 0.5) is 0 Å². The van der Waals surface area contributed by atoms with E-state index in [1.165, 1.54) is 4.90 Å². The minimum absolute atomic E-state index is 0.102. The molecule has 4 heteroatoms. The summed E-state index contributed by atoms with van der Waals surface area (Å²) in [6.45, 7) is 2.78. The predicted octanol–water partition coefficient (Wildman–Crippen LogP) is 3.22. The van der Waals surface area contributed by atoms with Crippen molar-refractivity contribution in [2.75, 3.05) is 20.7 Å². The highest BCUT2D eigenvalue weighted by Crippen LogP contribution is 2.23. The fraction of sp³-hybridized carbons (Fsp3) is 0.462. The molecule has 0 bridgehead atoms. The number of halogens is 1. The van der Waals surface area contributed by atoms with E-state index in [0.29, 0.717) is 22.9 Å². The summed E-state index contributed by atoms with van der Waals surface area (Å²) in [5, 5.41) is 0.428. The van der Waals surface area contributed by atoms with Crippen molar-refractivity contribution in [1.29, 1.82) is 0 Å². The Hall–Kier alpha value is -1.22. The van der Waals surface area contributed by atoms with Gasteiger partial charge in [-0.25, -0.2) is 0 Å². The van der Waals surface area contributed by atoms with Crippen LogP contribution in [-0.2, 0) is 0 Å². The molecule has 1 aromatic carbocycles. The van der Waals surface area contributed by atoms with Crippen molar-refractivity contribution in [2.24, 2.45) is 0 Å². The van der Waals surface area contributed by atoms with E-state index in [-0.39, 0.29) is 5.91 Å². The van der Waals surface area contributed by atoms with Crippen LogP contribution in [0.1, 0.15) is 30.1 Å². The SMILES string of the molecule is CCCCOc1ccc(C(=O)N(C)C)c(Cl)c1. The van der Waals surface area contributed by atoms with Crippen molar-refractivity contribution >= 4 is 17.5 Å². The summed E-state index contributed by atoms with van der Waals surface area (Å²) < 4.78 is 5.51. The van der Waals surface area contributed by atoms with Gasteiger partial charge in [0.05, 0.1) is 17.2 Å². The van der Waals surface area contributed by atoms with Gasteiger partial charge in [0.15, 0.2) is 0 Å². The van der Waals surface area contributed by atoms with Gasteiger partial charge in [-0.2, -0.15) is 0 Å². The first-order valence-electron chi connectivity index (χ1n) is 5.70. The van der Waals surface area contributed by atoms with E-state index in [0.717, 1.165) is 12.8 Å². The van der Waals surface area contributed by atoms with E-state index >= 15 is 0 Å². The molecule has 3 nitrogen and oxygen atoms in total. The third-order valence-electron chi connectivity index (χ3n) is 2.34. The Morgan fingerprint density at radius 3 is 2.65 bits per heavy atom. The Morgan fingerprint density at radius 2 is 2.12 bits per heavy atom. The van der Waals surface area contributed by atoms with Crippen LogP contribution in [0, 0.1) is 0 Å². The molecule has 0 saturated carbocycles. The van der Waals surface area contributed by atoms with Gasteiger partial charge in [0.25, 0.3) is 5.91 Å². The zero-order valence-electron chi connectivity index (χ0n) is 10.5. The van der Waals surface area contributed by atoms with E-state index in [4.69, 9.17) is 16.3 Å². The zero-order chi connectivity index (χ0) is 12.8. The normalized spacial score (nSPS) is 10.1. The molecule has 1 rings (SSSR count). The van der Waals surface area contributed by atoms with E-state index in [2.05, 4.69) is 6.92 Å². The van der Waals surface area contributed by atoms with E-state index in [1.807, 2.05) is 0 Å².